The molecule has 1 amide bonds. The number of para-hydroxylation sites is 1. The first kappa shape index (κ1) is 14.1. The van der Waals surface area contributed by atoms with Crippen molar-refractivity contribution in [2.75, 3.05) is 13.2 Å². The molecule has 0 radical (unpaired) electrons. The fourth-order valence-electron chi connectivity index (χ4n) is 2.06. The lowest BCUT2D eigenvalue weighted by molar-refractivity contribution is -0.144. The molecule has 1 aromatic rings. The van der Waals surface area contributed by atoms with Crippen LogP contribution >= 0.6 is 0 Å². The number of benzene rings is 1. The zero-order chi connectivity index (χ0) is 14.7. The van der Waals surface area contributed by atoms with Crippen molar-refractivity contribution in [2.45, 2.75) is 19.9 Å². The molecule has 2 rings (SSSR count). The molecule has 0 spiro atoms. The maximum absolute atomic E-state index is 12.4. The second kappa shape index (κ2) is 5.77. The smallest absolute Gasteiger partial charge is 0.323 e. The summed E-state index contributed by atoms with van der Waals surface area (Å²) in [7, 11) is 0. The van der Waals surface area contributed by atoms with Crippen molar-refractivity contribution < 1.29 is 19.4 Å². The monoisotopic (exact) mass is 275 g/mol. The van der Waals surface area contributed by atoms with Crippen LogP contribution in [-0.2, 0) is 9.59 Å². The first-order valence-corrected chi connectivity index (χ1v) is 6.44. The van der Waals surface area contributed by atoms with Crippen molar-refractivity contribution in [3.8, 4) is 5.75 Å². The summed E-state index contributed by atoms with van der Waals surface area (Å²) in [5.74, 6) is -0.583. The third-order valence-electron chi connectivity index (χ3n) is 3.10. The van der Waals surface area contributed by atoms with Gasteiger partial charge in [0.1, 0.15) is 18.9 Å². The Morgan fingerprint density at radius 3 is 2.70 bits per heavy atom. The number of rotatable bonds is 4. The Balaban J connectivity index is 2.25. The Morgan fingerprint density at radius 1 is 1.35 bits per heavy atom. The summed E-state index contributed by atoms with van der Waals surface area (Å²) in [6, 6.07) is 7.24. The average molecular weight is 275 g/mol. The van der Waals surface area contributed by atoms with Gasteiger partial charge in [-0.3, -0.25) is 9.59 Å². The van der Waals surface area contributed by atoms with E-state index in [4.69, 9.17) is 9.84 Å². The number of carbonyl (C=O) groups is 2. The summed E-state index contributed by atoms with van der Waals surface area (Å²) in [5.41, 5.74) is 1.31. The molecule has 0 saturated carbocycles. The lowest BCUT2D eigenvalue weighted by Gasteiger charge is -2.27. The van der Waals surface area contributed by atoms with Crippen molar-refractivity contribution >= 4 is 18.0 Å². The number of carboxylic acid groups (broad SMARTS) is 1. The van der Waals surface area contributed by atoms with Gasteiger partial charge in [0.15, 0.2) is 0 Å². The van der Waals surface area contributed by atoms with Crippen LogP contribution in [0.15, 0.2) is 29.8 Å². The summed E-state index contributed by atoms with van der Waals surface area (Å²) in [4.78, 5) is 24.6. The topological polar surface area (TPSA) is 66.8 Å². The van der Waals surface area contributed by atoms with Crippen molar-refractivity contribution in [1.29, 1.82) is 0 Å². The molecule has 106 valence electrons. The predicted octanol–water partition coefficient (Wildman–Crippen LogP) is 1.78. The van der Waals surface area contributed by atoms with Gasteiger partial charge in [0, 0.05) is 11.6 Å². The van der Waals surface area contributed by atoms with Crippen LogP contribution in [0, 0.1) is 0 Å². The molecule has 0 bridgehead atoms. The van der Waals surface area contributed by atoms with Crippen LogP contribution < -0.4 is 4.74 Å². The predicted molar refractivity (Wildman–Crippen MR) is 74.4 cm³/mol. The second-order valence-electron chi connectivity index (χ2n) is 4.92. The average Bonchev–Trinajstić information content (AvgIpc) is 2.43. The van der Waals surface area contributed by atoms with Gasteiger partial charge in [-0.15, -0.1) is 0 Å². The van der Waals surface area contributed by atoms with Gasteiger partial charge in [0.25, 0.3) is 5.91 Å². The Hall–Kier alpha value is -2.30. The maximum atomic E-state index is 12.4. The maximum Gasteiger partial charge on any atom is 0.323 e. The number of aliphatic carboxylic acids is 1. The number of carboxylic acids is 1. The molecule has 20 heavy (non-hydrogen) atoms. The van der Waals surface area contributed by atoms with Gasteiger partial charge in [-0.25, -0.2) is 0 Å². The summed E-state index contributed by atoms with van der Waals surface area (Å²) >= 11 is 0. The molecule has 1 aliphatic rings. The second-order valence-corrected chi connectivity index (χ2v) is 4.92. The molecule has 0 aliphatic carbocycles. The Labute approximate surface area is 117 Å². The van der Waals surface area contributed by atoms with Crippen molar-refractivity contribution in [3.05, 3.63) is 35.4 Å². The molecule has 0 saturated heterocycles. The van der Waals surface area contributed by atoms with Crippen molar-refractivity contribution in [1.82, 2.24) is 4.90 Å². The molecule has 0 fully saturated rings. The molecule has 1 N–H and O–H groups in total. The number of nitrogens with zero attached hydrogens (tertiary/aromatic N) is 1. The minimum atomic E-state index is -1.02. The molecule has 0 aromatic heterocycles. The van der Waals surface area contributed by atoms with Gasteiger partial charge >= 0.3 is 5.97 Å². The number of fused-ring (bicyclic) bond motifs is 1. The highest BCUT2D eigenvalue weighted by atomic mass is 16.5. The van der Waals surface area contributed by atoms with E-state index >= 15 is 0 Å². The third-order valence-corrected chi connectivity index (χ3v) is 3.10. The lowest BCUT2D eigenvalue weighted by Crippen LogP contribution is -2.42. The van der Waals surface area contributed by atoms with E-state index in [-0.39, 0.29) is 25.1 Å². The summed E-state index contributed by atoms with van der Waals surface area (Å²) < 4.78 is 5.53. The van der Waals surface area contributed by atoms with E-state index in [1.165, 1.54) is 4.90 Å². The van der Waals surface area contributed by atoms with Gasteiger partial charge in [0.05, 0.1) is 5.57 Å². The van der Waals surface area contributed by atoms with Crippen LogP contribution in [0.1, 0.15) is 19.4 Å². The summed E-state index contributed by atoms with van der Waals surface area (Å²) in [6.45, 7) is 3.44. The van der Waals surface area contributed by atoms with Crippen LogP contribution in [-0.4, -0.2) is 41.1 Å². The largest absolute Gasteiger partial charge is 0.488 e. The molecule has 1 heterocycles. The van der Waals surface area contributed by atoms with Gasteiger partial charge in [-0.05, 0) is 26.0 Å². The van der Waals surface area contributed by atoms with E-state index in [1.54, 1.807) is 19.9 Å². The van der Waals surface area contributed by atoms with Gasteiger partial charge < -0.3 is 14.7 Å². The van der Waals surface area contributed by atoms with Crippen LogP contribution in [0.2, 0.25) is 0 Å². The Morgan fingerprint density at radius 2 is 2.05 bits per heavy atom. The quantitative estimate of drug-likeness (QED) is 0.909. The lowest BCUT2D eigenvalue weighted by atomic mass is 10.1. The number of carbonyl (C=O) groups excluding carboxylic acids is 1. The minimum Gasteiger partial charge on any atom is -0.488 e. The highest BCUT2D eigenvalue weighted by Gasteiger charge is 2.25. The molecule has 0 atom stereocenters. The van der Waals surface area contributed by atoms with Crippen LogP contribution in [0.3, 0.4) is 0 Å². The van der Waals surface area contributed by atoms with Crippen molar-refractivity contribution in [3.63, 3.8) is 0 Å². The first-order chi connectivity index (χ1) is 9.49. The summed E-state index contributed by atoms with van der Waals surface area (Å²) in [5, 5.41) is 8.89. The molecule has 5 nitrogen and oxygen atoms in total. The number of amides is 1. The van der Waals surface area contributed by atoms with Crippen LogP contribution in [0.4, 0.5) is 0 Å². The van der Waals surface area contributed by atoms with Gasteiger partial charge in [0.2, 0.25) is 0 Å². The molecular formula is C15H17NO4. The Bertz CT molecular complexity index is 563. The highest BCUT2D eigenvalue weighted by Crippen LogP contribution is 2.26. The van der Waals surface area contributed by atoms with E-state index in [0.717, 1.165) is 11.3 Å². The first-order valence-electron chi connectivity index (χ1n) is 6.44. The van der Waals surface area contributed by atoms with Gasteiger partial charge in [-0.1, -0.05) is 18.2 Å². The van der Waals surface area contributed by atoms with Crippen molar-refractivity contribution in [2.24, 2.45) is 0 Å². The third kappa shape index (κ3) is 2.99. The minimum absolute atomic E-state index is 0.165. The van der Waals surface area contributed by atoms with Gasteiger partial charge in [-0.2, -0.15) is 0 Å². The van der Waals surface area contributed by atoms with Crippen LogP contribution in [0.5, 0.6) is 5.75 Å². The number of hydrogen-bond acceptors (Lipinski definition) is 3. The fraction of sp³-hybridized carbons (Fsp3) is 0.333. The molecule has 1 aromatic carbocycles. The SMILES string of the molecule is CC(C)N(CC(=O)O)C(=O)C1=Cc2ccccc2OC1. The zero-order valence-corrected chi connectivity index (χ0v) is 11.5. The van der Waals surface area contributed by atoms with E-state index in [2.05, 4.69) is 0 Å². The van der Waals surface area contributed by atoms with E-state index in [1.807, 2.05) is 24.3 Å². The standard InChI is InChI=1S/C15H17NO4/c1-10(2)16(8-14(17)18)15(19)12-7-11-5-3-4-6-13(11)20-9-12/h3-7,10H,8-9H2,1-2H3,(H,17,18). The molecule has 0 unspecified atom stereocenters. The molecular weight excluding hydrogens is 258 g/mol. The van der Waals surface area contributed by atoms with E-state index < -0.39 is 5.97 Å². The normalized spacial score (nSPS) is 13.2. The molecule has 1 aliphatic heterocycles. The number of ether oxygens (including phenoxy) is 1. The fourth-order valence-corrected chi connectivity index (χ4v) is 2.06. The highest BCUT2D eigenvalue weighted by molar-refractivity contribution is 6.00. The summed E-state index contributed by atoms with van der Waals surface area (Å²) in [6.07, 6.45) is 1.76. The van der Waals surface area contributed by atoms with E-state index in [9.17, 15) is 9.59 Å². The Kier molecular flexibility index (Phi) is 4.08. The molecule has 5 heteroatoms. The zero-order valence-electron chi connectivity index (χ0n) is 11.5. The van der Waals surface area contributed by atoms with Crippen LogP contribution in [0.25, 0.3) is 6.08 Å². The number of hydrogen-bond donors (Lipinski definition) is 1. The van der Waals surface area contributed by atoms with E-state index in [0.29, 0.717) is 5.57 Å².